The van der Waals surface area contributed by atoms with Crippen molar-refractivity contribution >= 4 is 5.97 Å². The van der Waals surface area contributed by atoms with E-state index in [2.05, 4.69) is 0 Å². The van der Waals surface area contributed by atoms with Crippen LogP contribution >= 0.6 is 0 Å². The van der Waals surface area contributed by atoms with Gasteiger partial charge in [0, 0.05) is 12.0 Å². The monoisotopic (exact) mass is 330 g/mol. The molecule has 0 fully saturated rings. The molecule has 0 aromatic heterocycles. The summed E-state index contributed by atoms with van der Waals surface area (Å²) in [7, 11) is 4.34. The minimum absolute atomic E-state index is 0.404. The number of methoxy groups -OCH3 is 3. The molecule has 1 aliphatic heterocycles. The largest absolute Gasteiger partial charge is 0.493 e. The third kappa shape index (κ3) is 2.82. The van der Waals surface area contributed by atoms with Gasteiger partial charge in [-0.1, -0.05) is 24.3 Å². The second kappa shape index (κ2) is 6.70. The van der Waals surface area contributed by atoms with E-state index < -0.39 is 12.3 Å². The van der Waals surface area contributed by atoms with Crippen LogP contribution in [0.1, 0.15) is 11.1 Å². The highest BCUT2D eigenvalue weighted by Crippen LogP contribution is 2.43. The van der Waals surface area contributed by atoms with E-state index in [1.54, 1.807) is 12.1 Å². The third-order valence-corrected chi connectivity index (χ3v) is 3.79. The Labute approximate surface area is 139 Å². The summed E-state index contributed by atoms with van der Waals surface area (Å²) < 4.78 is 27.0. The van der Waals surface area contributed by atoms with Crippen LogP contribution in [0.15, 0.2) is 36.4 Å². The first-order valence-corrected chi connectivity index (χ1v) is 7.40. The van der Waals surface area contributed by atoms with Crippen molar-refractivity contribution in [2.45, 2.75) is 12.7 Å². The van der Waals surface area contributed by atoms with Gasteiger partial charge in [0.05, 0.1) is 21.3 Å². The molecule has 0 radical (unpaired) electrons. The predicted octanol–water partition coefficient (Wildman–Crippen LogP) is 2.56. The maximum absolute atomic E-state index is 12.1. The third-order valence-electron chi connectivity index (χ3n) is 3.79. The van der Waals surface area contributed by atoms with Gasteiger partial charge in [-0.05, 0) is 17.7 Å². The second-order valence-electron chi connectivity index (χ2n) is 5.16. The van der Waals surface area contributed by atoms with Crippen LogP contribution in [0.2, 0.25) is 0 Å². The number of hydrogen-bond donors (Lipinski definition) is 0. The van der Waals surface area contributed by atoms with Crippen molar-refractivity contribution < 1.29 is 28.5 Å². The zero-order valence-corrected chi connectivity index (χ0v) is 13.7. The lowest BCUT2D eigenvalue weighted by atomic mass is 10.0. The Hall–Kier alpha value is -2.89. The average molecular weight is 330 g/mol. The molecule has 0 saturated carbocycles. The summed E-state index contributed by atoms with van der Waals surface area (Å²) in [5, 5.41) is 0. The van der Waals surface area contributed by atoms with Gasteiger partial charge in [-0.25, -0.2) is 4.79 Å². The maximum Gasteiger partial charge on any atom is 0.389 e. The molecule has 0 N–H and O–H groups in total. The van der Waals surface area contributed by atoms with E-state index in [0.29, 0.717) is 29.4 Å². The first-order valence-electron chi connectivity index (χ1n) is 7.40. The van der Waals surface area contributed by atoms with Gasteiger partial charge in [-0.15, -0.1) is 0 Å². The van der Waals surface area contributed by atoms with Crippen LogP contribution in [0, 0.1) is 0 Å². The highest BCUT2D eigenvalue weighted by atomic mass is 16.7. The number of fused-ring (bicyclic) bond motifs is 2. The number of ether oxygens (including phenoxy) is 5. The number of para-hydroxylation sites is 1. The zero-order valence-electron chi connectivity index (χ0n) is 13.7. The lowest BCUT2D eigenvalue weighted by molar-refractivity contribution is -0.162. The van der Waals surface area contributed by atoms with Crippen LogP contribution in [-0.2, 0) is 16.0 Å². The number of carbonyl (C=O) groups is 1. The number of hydrogen-bond acceptors (Lipinski definition) is 6. The minimum Gasteiger partial charge on any atom is -0.493 e. The fourth-order valence-corrected chi connectivity index (χ4v) is 2.62. The molecule has 6 nitrogen and oxygen atoms in total. The quantitative estimate of drug-likeness (QED) is 0.806. The van der Waals surface area contributed by atoms with Gasteiger partial charge < -0.3 is 23.7 Å². The van der Waals surface area contributed by atoms with Gasteiger partial charge in [0.1, 0.15) is 5.75 Å². The van der Waals surface area contributed by atoms with E-state index in [9.17, 15) is 4.79 Å². The molecule has 2 aromatic carbocycles. The van der Waals surface area contributed by atoms with Crippen molar-refractivity contribution in [3.05, 3.63) is 47.5 Å². The number of benzene rings is 2. The molecule has 0 aliphatic carbocycles. The van der Waals surface area contributed by atoms with Crippen LogP contribution in [0.3, 0.4) is 0 Å². The van der Waals surface area contributed by atoms with Crippen LogP contribution in [0.25, 0.3) is 0 Å². The molecule has 1 unspecified atom stereocenters. The predicted molar refractivity (Wildman–Crippen MR) is 85.9 cm³/mol. The summed E-state index contributed by atoms with van der Waals surface area (Å²) in [6, 6.07) is 11.2. The fourth-order valence-electron chi connectivity index (χ4n) is 2.62. The van der Waals surface area contributed by atoms with E-state index in [1.165, 1.54) is 21.3 Å². The van der Waals surface area contributed by atoms with Crippen molar-refractivity contribution in [3.63, 3.8) is 0 Å². The van der Waals surface area contributed by atoms with Gasteiger partial charge >= 0.3 is 12.3 Å². The van der Waals surface area contributed by atoms with Crippen LogP contribution in [0.4, 0.5) is 0 Å². The van der Waals surface area contributed by atoms with E-state index in [0.717, 1.165) is 11.1 Å². The minimum atomic E-state index is -1.24. The Morgan fingerprint density at radius 2 is 1.79 bits per heavy atom. The Bertz CT molecular complexity index is 755. The molecule has 0 spiro atoms. The van der Waals surface area contributed by atoms with Crippen LogP contribution in [0.5, 0.6) is 23.0 Å². The fraction of sp³-hybridized carbons (Fsp3) is 0.278. The van der Waals surface area contributed by atoms with Crippen molar-refractivity contribution in [2.75, 3.05) is 21.3 Å². The van der Waals surface area contributed by atoms with Gasteiger partial charge in [0.15, 0.2) is 11.5 Å². The topological polar surface area (TPSA) is 63.2 Å². The Morgan fingerprint density at radius 1 is 1.00 bits per heavy atom. The van der Waals surface area contributed by atoms with Crippen molar-refractivity contribution in [1.29, 1.82) is 0 Å². The molecule has 1 heterocycles. The zero-order chi connectivity index (χ0) is 17.1. The van der Waals surface area contributed by atoms with Crippen LogP contribution in [-0.4, -0.2) is 33.6 Å². The summed E-state index contributed by atoms with van der Waals surface area (Å²) >= 11 is 0. The number of carbonyl (C=O) groups excluding carboxylic acids is 1. The van der Waals surface area contributed by atoms with Gasteiger partial charge in [0.25, 0.3) is 0 Å². The summed E-state index contributed by atoms with van der Waals surface area (Å²) in [5.74, 6) is 1.26. The Kier molecular flexibility index (Phi) is 4.46. The molecular formula is C18H18O6. The van der Waals surface area contributed by atoms with Crippen molar-refractivity contribution in [1.82, 2.24) is 0 Å². The van der Waals surface area contributed by atoms with E-state index in [1.807, 2.05) is 24.3 Å². The van der Waals surface area contributed by atoms with Gasteiger partial charge in [-0.2, -0.15) is 0 Å². The molecule has 2 aromatic rings. The maximum atomic E-state index is 12.1. The first-order chi connectivity index (χ1) is 11.7. The molecule has 126 valence electrons. The van der Waals surface area contributed by atoms with E-state index in [4.69, 9.17) is 23.7 Å². The summed E-state index contributed by atoms with van der Waals surface area (Å²) in [4.78, 5) is 12.1. The lowest BCUT2D eigenvalue weighted by Crippen LogP contribution is -2.35. The molecule has 3 rings (SSSR count). The van der Waals surface area contributed by atoms with Crippen LogP contribution < -0.4 is 18.9 Å². The summed E-state index contributed by atoms with van der Waals surface area (Å²) in [6.45, 7) is 0. The van der Waals surface area contributed by atoms with E-state index in [-0.39, 0.29) is 0 Å². The smallest absolute Gasteiger partial charge is 0.389 e. The molecule has 0 saturated heterocycles. The Morgan fingerprint density at radius 3 is 2.50 bits per heavy atom. The average Bonchev–Trinajstić information content (AvgIpc) is 2.60. The van der Waals surface area contributed by atoms with Crippen molar-refractivity contribution in [2.24, 2.45) is 0 Å². The Balaban J connectivity index is 2.16. The normalized spacial score (nSPS) is 15.5. The molecular weight excluding hydrogens is 312 g/mol. The number of rotatable bonds is 3. The highest BCUT2D eigenvalue weighted by molar-refractivity contribution is 5.74. The molecule has 0 amide bonds. The second-order valence-corrected chi connectivity index (χ2v) is 5.16. The molecule has 0 bridgehead atoms. The van der Waals surface area contributed by atoms with Gasteiger partial charge in [-0.3, -0.25) is 0 Å². The van der Waals surface area contributed by atoms with E-state index >= 15 is 0 Å². The highest BCUT2D eigenvalue weighted by Gasteiger charge is 2.30. The lowest BCUT2D eigenvalue weighted by Gasteiger charge is -2.26. The standard InChI is InChI=1S/C18H18O6/c1-20-14-9-8-12-10-11-6-4-5-7-13(11)23-18(17(19)22-3)24-15(12)16(14)21-2/h4-9,18H,10H2,1-3H3. The molecule has 1 atom stereocenters. The molecule has 24 heavy (non-hydrogen) atoms. The summed E-state index contributed by atoms with van der Waals surface area (Å²) in [5.41, 5.74) is 1.79. The molecule has 6 heteroatoms. The molecule has 1 aliphatic rings. The number of esters is 1. The van der Waals surface area contributed by atoms with Gasteiger partial charge in [0.2, 0.25) is 5.75 Å². The SMILES string of the molecule is COC(=O)C1Oc2ccccc2Cc2ccc(OC)c(OC)c2O1. The summed E-state index contributed by atoms with van der Waals surface area (Å²) in [6.07, 6.45) is -0.670. The van der Waals surface area contributed by atoms with Crippen molar-refractivity contribution in [3.8, 4) is 23.0 Å². The first kappa shape index (κ1) is 16.0.